The first-order chi connectivity index (χ1) is 19.2. The number of sulfonamides is 1. The van der Waals surface area contributed by atoms with Gasteiger partial charge in [-0.05, 0) is 87.7 Å². The fraction of sp³-hybridized carbons (Fsp3) is 0.367. The van der Waals surface area contributed by atoms with Crippen LogP contribution >= 0.6 is 0 Å². The van der Waals surface area contributed by atoms with E-state index < -0.39 is 22.5 Å². The zero-order valence-electron chi connectivity index (χ0n) is 23.7. The molecule has 0 heterocycles. The third-order valence-electron chi connectivity index (χ3n) is 5.90. The molecule has 0 aliphatic rings. The minimum atomic E-state index is -4.14. The van der Waals surface area contributed by atoms with Gasteiger partial charge in [-0.2, -0.15) is 0 Å². The van der Waals surface area contributed by atoms with Crippen LogP contribution in [-0.2, 0) is 21.2 Å². The molecule has 0 fully saturated rings. The molecule has 1 amide bonds. The lowest BCUT2D eigenvalue weighted by molar-refractivity contribution is -0.119. The predicted octanol–water partition coefficient (Wildman–Crippen LogP) is 4.83. The number of nitrogens with zero attached hydrogens (tertiary/aromatic N) is 1. The summed E-state index contributed by atoms with van der Waals surface area (Å²) in [4.78, 5) is 12.9. The second kappa shape index (κ2) is 14.5. The van der Waals surface area contributed by atoms with Gasteiger partial charge >= 0.3 is 0 Å². The minimum absolute atomic E-state index is 0.0321. The van der Waals surface area contributed by atoms with E-state index in [9.17, 15) is 13.2 Å². The summed E-state index contributed by atoms with van der Waals surface area (Å²) in [6.45, 7) is 6.28. The topological polar surface area (TPSA) is 103 Å². The highest BCUT2D eigenvalue weighted by molar-refractivity contribution is 7.92. The van der Waals surface area contributed by atoms with Crippen LogP contribution in [0.4, 0.5) is 5.69 Å². The molecule has 0 unspecified atom stereocenters. The molecule has 0 saturated carbocycles. The second-order valence-electron chi connectivity index (χ2n) is 9.22. The van der Waals surface area contributed by atoms with Crippen molar-refractivity contribution in [1.29, 1.82) is 0 Å². The van der Waals surface area contributed by atoms with Crippen molar-refractivity contribution >= 4 is 21.6 Å². The number of anilines is 1. The van der Waals surface area contributed by atoms with Crippen LogP contribution in [0.25, 0.3) is 0 Å². The molecule has 0 aromatic heterocycles. The third kappa shape index (κ3) is 8.29. The van der Waals surface area contributed by atoms with Gasteiger partial charge in [0.05, 0.1) is 37.5 Å². The fourth-order valence-electron chi connectivity index (χ4n) is 4.05. The molecule has 0 aliphatic carbocycles. The van der Waals surface area contributed by atoms with Gasteiger partial charge in [0.2, 0.25) is 5.91 Å². The molecule has 9 nitrogen and oxygen atoms in total. The molecule has 3 rings (SSSR count). The lowest BCUT2D eigenvalue weighted by Crippen LogP contribution is -2.41. The Morgan fingerprint density at radius 2 is 1.65 bits per heavy atom. The van der Waals surface area contributed by atoms with Crippen molar-refractivity contribution in [2.45, 2.75) is 44.6 Å². The maximum atomic E-state index is 13.8. The summed E-state index contributed by atoms with van der Waals surface area (Å²) in [6.07, 6.45) is 1.51. The Morgan fingerprint density at radius 1 is 0.925 bits per heavy atom. The van der Waals surface area contributed by atoms with E-state index in [0.29, 0.717) is 36.8 Å². The van der Waals surface area contributed by atoms with Crippen LogP contribution < -0.4 is 28.6 Å². The summed E-state index contributed by atoms with van der Waals surface area (Å²) in [5.41, 5.74) is 1.43. The molecular weight excluding hydrogens is 532 g/mol. The van der Waals surface area contributed by atoms with Crippen LogP contribution in [0.1, 0.15) is 32.8 Å². The van der Waals surface area contributed by atoms with Gasteiger partial charge in [-0.3, -0.25) is 9.10 Å². The number of methoxy groups -OCH3 is 2. The average molecular weight is 571 g/mol. The van der Waals surface area contributed by atoms with E-state index >= 15 is 0 Å². The third-order valence-corrected chi connectivity index (χ3v) is 7.67. The van der Waals surface area contributed by atoms with Gasteiger partial charge in [-0.1, -0.05) is 12.1 Å². The van der Waals surface area contributed by atoms with Crippen LogP contribution in [0, 0.1) is 0 Å². The van der Waals surface area contributed by atoms with Gasteiger partial charge in [0.1, 0.15) is 18.0 Å². The van der Waals surface area contributed by atoms with Gasteiger partial charge in [-0.25, -0.2) is 8.42 Å². The number of hydrogen-bond donors (Lipinski definition) is 1. The molecule has 1 N–H and O–H groups in total. The van der Waals surface area contributed by atoms with Crippen molar-refractivity contribution in [3.05, 3.63) is 72.3 Å². The highest BCUT2D eigenvalue weighted by Crippen LogP contribution is 2.32. The first-order valence-electron chi connectivity index (χ1n) is 13.2. The number of carbonyl (C=O) groups excluding carboxylic acids is 1. The summed E-state index contributed by atoms with van der Waals surface area (Å²) in [6, 6.07) is 18.8. The Balaban J connectivity index is 1.74. The summed E-state index contributed by atoms with van der Waals surface area (Å²) >= 11 is 0. The van der Waals surface area contributed by atoms with Crippen molar-refractivity contribution in [2.75, 3.05) is 38.2 Å². The van der Waals surface area contributed by atoms with E-state index in [1.807, 2.05) is 45.0 Å². The van der Waals surface area contributed by atoms with Crippen molar-refractivity contribution < 1.29 is 32.2 Å². The van der Waals surface area contributed by atoms with Crippen LogP contribution in [0.3, 0.4) is 0 Å². The maximum absolute atomic E-state index is 13.8. The Morgan fingerprint density at radius 3 is 2.30 bits per heavy atom. The Labute approximate surface area is 237 Å². The second-order valence-corrected chi connectivity index (χ2v) is 11.1. The van der Waals surface area contributed by atoms with E-state index in [4.69, 9.17) is 18.9 Å². The van der Waals surface area contributed by atoms with E-state index in [0.717, 1.165) is 22.0 Å². The largest absolute Gasteiger partial charge is 0.494 e. The lowest BCUT2D eigenvalue weighted by Gasteiger charge is -2.24. The molecule has 3 aromatic carbocycles. The van der Waals surface area contributed by atoms with Gasteiger partial charge in [0.15, 0.2) is 11.5 Å². The molecular formula is C30H38N2O7S. The van der Waals surface area contributed by atoms with Crippen molar-refractivity contribution in [3.8, 4) is 23.0 Å². The first-order valence-corrected chi connectivity index (χ1v) is 14.6. The zero-order valence-corrected chi connectivity index (χ0v) is 24.5. The Bertz CT molecular complexity index is 1360. The molecule has 0 radical (unpaired) electrons. The molecule has 216 valence electrons. The number of ether oxygens (including phenoxy) is 4. The highest BCUT2D eigenvalue weighted by atomic mass is 32.2. The van der Waals surface area contributed by atoms with E-state index in [-0.39, 0.29) is 16.7 Å². The fourth-order valence-corrected chi connectivity index (χ4v) is 5.48. The van der Waals surface area contributed by atoms with Crippen molar-refractivity contribution in [1.82, 2.24) is 5.32 Å². The Kier molecular flexibility index (Phi) is 11.1. The number of hydrogen-bond acceptors (Lipinski definition) is 7. The van der Waals surface area contributed by atoms with Crippen LogP contribution in [0.2, 0.25) is 0 Å². The zero-order chi connectivity index (χ0) is 29.1. The van der Waals surface area contributed by atoms with Crippen molar-refractivity contribution in [2.24, 2.45) is 0 Å². The molecule has 0 aliphatic heterocycles. The monoisotopic (exact) mass is 570 g/mol. The molecule has 3 aromatic rings. The first kappa shape index (κ1) is 30.6. The van der Waals surface area contributed by atoms with E-state index in [1.165, 1.54) is 32.4 Å². The number of aryl methyl sites for hydroxylation is 1. The molecule has 40 heavy (non-hydrogen) atoms. The number of rotatable bonds is 15. The standard InChI is InChI=1S/C30H38N2O7S/c1-6-38-25-14-12-24(13-15-25)32(40(34,35)27-16-17-28(36-4)29(20-27)37-5)21-30(33)31-18-8-10-23-9-7-11-26(19-23)39-22(2)3/h7,9,11-17,19-20,22H,6,8,10,18,21H2,1-5H3,(H,31,33). The van der Waals surface area contributed by atoms with E-state index in [2.05, 4.69) is 5.32 Å². The molecule has 0 saturated heterocycles. The molecule has 10 heteroatoms. The number of benzene rings is 3. The lowest BCUT2D eigenvalue weighted by atomic mass is 10.1. The van der Waals surface area contributed by atoms with Gasteiger partial charge in [0, 0.05) is 12.6 Å². The van der Waals surface area contributed by atoms with Crippen LogP contribution in [0.5, 0.6) is 23.0 Å². The van der Waals surface area contributed by atoms with Gasteiger partial charge < -0.3 is 24.3 Å². The number of carbonyl (C=O) groups is 1. The SMILES string of the molecule is CCOc1ccc(N(CC(=O)NCCCc2cccc(OC(C)C)c2)S(=O)(=O)c2ccc(OC)c(OC)c2)cc1. The van der Waals surface area contributed by atoms with E-state index in [1.54, 1.807) is 24.3 Å². The molecule has 0 bridgehead atoms. The smallest absolute Gasteiger partial charge is 0.264 e. The minimum Gasteiger partial charge on any atom is -0.494 e. The Hall–Kier alpha value is -3.92. The molecule has 0 spiro atoms. The highest BCUT2D eigenvalue weighted by Gasteiger charge is 2.28. The summed E-state index contributed by atoms with van der Waals surface area (Å²) in [5, 5.41) is 2.85. The normalized spacial score (nSPS) is 11.2. The quantitative estimate of drug-likeness (QED) is 0.261. The number of amides is 1. The van der Waals surface area contributed by atoms with Crippen molar-refractivity contribution in [3.63, 3.8) is 0 Å². The average Bonchev–Trinajstić information content (AvgIpc) is 2.94. The maximum Gasteiger partial charge on any atom is 0.264 e. The molecule has 0 atom stereocenters. The predicted molar refractivity (Wildman–Crippen MR) is 155 cm³/mol. The number of nitrogens with one attached hydrogen (secondary N) is 1. The van der Waals surface area contributed by atoms with Gasteiger partial charge in [0.25, 0.3) is 10.0 Å². The summed E-state index contributed by atoms with van der Waals surface area (Å²) < 4.78 is 50.4. The summed E-state index contributed by atoms with van der Waals surface area (Å²) in [7, 11) is -1.24. The van der Waals surface area contributed by atoms with Crippen LogP contribution in [-0.4, -0.2) is 54.3 Å². The van der Waals surface area contributed by atoms with Crippen LogP contribution in [0.15, 0.2) is 71.6 Å². The van der Waals surface area contributed by atoms with Gasteiger partial charge in [-0.15, -0.1) is 0 Å². The summed E-state index contributed by atoms with van der Waals surface area (Å²) in [5.74, 6) is 1.65.